The third kappa shape index (κ3) is 5.58. The first kappa shape index (κ1) is 12.0. The second-order valence-corrected chi connectivity index (χ2v) is 4.25. The van der Waals surface area contributed by atoms with Gasteiger partial charge in [0.15, 0.2) is 0 Å². The Balaban J connectivity index is 1.75. The first-order valence-electron chi connectivity index (χ1n) is 5.86. The van der Waals surface area contributed by atoms with Gasteiger partial charge >= 0.3 is 0 Å². The van der Waals surface area contributed by atoms with Crippen molar-refractivity contribution in [3.05, 3.63) is 0 Å². The zero-order chi connectivity index (χ0) is 10.2. The molecule has 0 radical (unpaired) electrons. The highest BCUT2D eigenvalue weighted by Gasteiger charge is 2.25. The molecule has 84 valence electrons. The van der Waals surface area contributed by atoms with Crippen LogP contribution in [-0.4, -0.2) is 49.3 Å². The summed E-state index contributed by atoms with van der Waals surface area (Å²) >= 11 is 0. The van der Waals surface area contributed by atoms with Crippen molar-refractivity contribution < 1.29 is 5.11 Å². The van der Waals surface area contributed by atoms with Gasteiger partial charge in [-0.05, 0) is 45.7 Å². The number of nitrogens with zero attached hydrogens (tertiary/aromatic N) is 1. The SMILES string of the molecule is CN(CCNCCCCCO)C1CC1. The predicted octanol–water partition coefficient (Wildman–Crippen LogP) is 0.833. The van der Waals surface area contributed by atoms with Gasteiger partial charge in [0.05, 0.1) is 0 Å². The molecule has 0 heterocycles. The third-order valence-electron chi connectivity index (χ3n) is 2.82. The maximum absolute atomic E-state index is 8.58. The molecule has 0 aromatic heterocycles. The molecule has 14 heavy (non-hydrogen) atoms. The number of unbranched alkanes of at least 4 members (excludes halogenated alkanes) is 2. The van der Waals surface area contributed by atoms with Gasteiger partial charge in [0, 0.05) is 25.7 Å². The summed E-state index contributed by atoms with van der Waals surface area (Å²) in [5.74, 6) is 0. The fraction of sp³-hybridized carbons (Fsp3) is 1.00. The first-order valence-corrected chi connectivity index (χ1v) is 5.86. The van der Waals surface area contributed by atoms with Crippen molar-refractivity contribution in [1.82, 2.24) is 10.2 Å². The van der Waals surface area contributed by atoms with E-state index in [9.17, 15) is 0 Å². The summed E-state index contributed by atoms with van der Waals surface area (Å²) in [6.45, 7) is 3.71. The van der Waals surface area contributed by atoms with Gasteiger partial charge in [0.2, 0.25) is 0 Å². The molecule has 0 aromatic carbocycles. The summed E-state index contributed by atoms with van der Waals surface area (Å²) in [5, 5.41) is 12.0. The van der Waals surface area contributed by atoms with E-state index in [1.54, 1.807) is 0 Å². The first-order chi connectivity index (χ1) is 6.84. The van der Waals surface area contributed by atoms with E-state index < -0.39 is 0 Å². The number of likely N-dealkylation sites (N-methyl/N-ethyl adjacent to an activating group) is 1. The summed E-state index contributed by atoms with van der Waals surface area (Å²) in [7, 11) is 2.21. The van der Waals surface area contributed by atoms with Crippen LogP contribution >= 0.6 is 0 Å². The molecule has 0 atom stereocenters. The molecule has 1 rings (SSSR count). The highest BCUT2D eigenvalue weighted by molar-refractivity contribution is 4.82. The van der Waals surface area contributed by atoms with E-state index in [-0.39, 0.29) is 0 Å². The van der Waals surface area contributed by atoms with E-state index in [0.717, 1.165) is 32.0 Å². The van der Waals surface area contributed by atoms with Crippen molar-refractivity contribution in [2.75, 3.05) is 33.3 Å². The van der Waals surface area contributed by atoms with Gasteiger partial charge in [0.25, 0.3) is 0 Å². The van der Waals surface area contributed by atoms with E-state index in [4.69, 9.17) is 5.11 Å². The summed E-state index contributed by atoms with van der Waals surface area (Å²) in [6, 6.07) is 0.881. The van der Waals surface area contributed by atoms with Crippen LogP contribution in [0.3, 0.4) is 0 Å². The van der Waals surface area contributed by atoms with Crippen molar-refractivity contribution in [2.45, 2.75) is 38.1 Å². The maximum atomic E-state index is 8.58. The van der Waals surface area contributed by atoms with Gasteiger partial charge in [-0.1, -0.05) is 0 Å². The molecule has 1 saturated carbocycles. The number of nitrogens with one attached hydrogen (secondary N) is 1. The van der Waals surface area contributed by atoms with Crippen LogP contribution in [0.4, 0.5) is 0 Å². The van der Waals surface area contributed by atoms with Crippen LogP contribution in [-0.2, 0) is 0 Å². The fourth-order valence-electron chi connectivity index (χ4n) is 1.62. The summed E-state index contributed by atoms with van der Waals surface area (Å²) < 4.78 is 0. The van der Waals surface area contributed by atoms with E-state index in [1.165, 1.54) is 25.8 Å². The Morgan fingerprint density at radius 1 is 1.21 bits per heavy atom. The quantitative estimate of drug-likeness (QED) is 0.541. The van der Waals surface area contributed by atoms with Crippen molar-refractivity contribution >= 4 is 0 Å². The van der Waals surface area contributed by atoms with Crippen LogP contribution < -0.4 is 5.32 Å². The van der Waals surface area contributed by atoms with Crippen LogP contribution in [0.2, 0.25) is 0 Å². The van der Waals surface area contributed by atoms with Crippen LogP contribution in [0.25, 0.3) is 0 Å². The molecular formula is C11H24N2O. The molecule has 0 bridgehead atoms. The largest absolute Gasteiger partial charge is 0.396 e. The monoisotopic (exact) mass is 200 g/mol. The average Bonchev–Trinajstić information content (AvgIpc) is 2.99. The van der Waals surface area contributed by atoms with Crippen molar-refractivity contribution in [3.63, 3.8) is 0 Å². The summed E-state index contributed by atoms with van der Waals surface area (Å²) in [5.41, 5.74) is 0. The molecule has 0 aliphatic heterocycles. The van der Waals surface area contributed by atoms with Crippen LogP contribution in [0, 0.1) is 0 Å². The minimum Gasteiger partial charge on any atom is -0.396 e. The number of hydrogen-bond acceptors (Lipinski definition) is 3. The van der Waals surface area contributed by atoms with Crippen LogP contribution in [0.15, 0.2) is 0 Å². The maximum Gasteiger partial charge on any atom is 0.0431 e. The Hall–Kier alpha value is -0.120. The minimum absolute atomic E-state index is 0.338. The Bertz CT molecular complexity index is 137. The summed E-state index contributed by atoms with van der Waals surface area (Å²) in [6.07, 6.45) is 6.07. The molecule has 0 unspecified atom stereocenters. The molecule has 0 spiro atoms. The van der Waals surface area contributed by atoms with Gasteiger partial charge in [-0.15, -0.1) is 0 Å². The molecule has 0 aromatic rings. The third-order valence-corrected chi connectivity index (χ3v) is 2.82. The van der Waals surface area contributed by atoms with Crippen molar-refractivity contribution in [1.29, 1.82) is 0 Å². The lowest BCUT2D eigenvalue weighted by Crippen LogP contribution is -2.31. The second-order valence-electron chi connectivity index (χ2n) is 4.25. The predicted molar refractivity (Wildman–Crippen MR) is 59.5 cm³/mol. The number of rotatable bonds is 9. The lowest BCUT2D eigenvalue weighted by atomic mass is 10.2. The van der Waals surface area contributed by atoms with E-state index in [1.807, 2.05) is 0 Å². The zero-order valence-corrected chi connectivity index (χ0v) is 9.34. The molecule has 1 aliphatic carbocycles. The average molecular weight is 200 g/mol. The van der Waals surface area contributed by atoms with Gasteiger partial charge in [-0.25, -0.2) is 0 Å². The Kier molecular flexibility index (Phi) is 6.15. The molecule has 1 aliphatic rings. The minimum atomic E-state index is 0.338. The van der Waals surface area contributed by atoms with Gasteiger partial charge in [-0.3, -0.25) is 0 Å². The van der Waals surface area contributed by atoms with Crippen LogP contribution in [0.1, 0.15) is 32.1 Å². The molecule has 1 fully saturated rings. The fourth-order valence-corrected chi connectivity index (χ4v) is 1.62. The normalized spacial score (nSPS) is 16.5. The lowest BCUT2D eigenvalue weighted by Gasteiger charge is -2.15. The van der Waals surface area contributed by atoms with Gasteiger partial charge in [0.1, 0.15) is 0 Å². The molecule has 0 amide bonds. The standard InChI is InChI=1S/C11H24N2O/c1-13(11-5-6-11)9-8-12-7-3-2-4-10-14/h11-12,14H,2-10H2,1H3. The zero-order valence-electron chi connectivity index (χ0n) is 9.34. The second kappa shape index (κ2) is 7.21. The Morgan fingerprint density at radius 2 is 2.00 bits per heavy atom. The van der Waals surface area contributed by atoms with Crippen LogP contribution in [0.5, 0.6) is 0 Å². The van der Waals surface area contributed by atoms with Crippen molar-refractivity contribution in [3.8, 4) is 0 Å². The lowest BCUT2D eigenvalue weighted by molar-refractivity contribution is 0.282. The number of hydrogen-bond donors (Lipinski definition) is 2. The summed E-state index contributed by atoms with van der Waals surface area (Å²) in [4.78, 5) is 2.45. The van der Waals surface area contributed by atoms with E-state index in [0.29, 0.717) is 6.61 Å². The van der Waals surface area contributed by atoms with Crippen molar-refractivity contribution in [2.24, 2.45) is 0 Å². The highest BCUT2D eigenvalue weighted by atomic mass is 16.2. The molecule has 3 nitrogen and oxygen atoms in total. The molecule has 2 N–H and O–H groups in total. The smallest absolute Gasteiger partial charge is 0.0431 e. The van der Waals surface area contributed by atoms with Gasteiger partial charge < -0.3 is 15.3 Å². The molecule has 3 heteroatoms. The Morgan fingerprint density at radius 3 is 2.64 bits per heavy atom. The van der Waals surface area contributed by atoms with Gasteiger partial charge in [-0.2, -0.15) is 0 Å². The number of aliphatic hydroxyl groups excluding tert-OH is 1. The Labute approximate surface area is 87.5 Å². The highest BCUT2D eigenvalue weighted by Crippen LogP contribution is 2.24. The molecular weight excluding hydrogens is 176 g/mol. The van der Waals surface area contributed by atoms with E-state index in [2.05, 4.69) is 17.3 Å². The topological polar surface area (TPSA) is 35.5 Å². The molecule has 0 saturated heterocycles. The number of aliphatic hydroxyl groups is 1. The van der Waals surface area contributed by atoms with E-state index >= 15 is 0 Å².